The summed E-state index contributed by atoms with van der Waals surface area (Å²) in [6, 6.07) is 8.50. The van der Waals surface area contributed by atoms with E-state index in [2.05, 4.69) is 28.3 Å². The second kappa shape index (κ2) is 7.28. The summed E-state index contributed by atoms with van der Waals surface area (Å²) in [7, 11) is 0. The van der Waals surface area contributed by atoms with E-state index in [9.17, 15) is 0 Å². The van der Waals surface area contributed by atoms with Gasteiger partial charge in [0.25, 0.3) is 0 Å². The molecule has 0 bridgehead atoms. The molecule has 1 aliphatic carbocycles. The highest BCUT2D eigenvalue weighted by Gasteiger charge is 2.27. The van der Waals surface area contributed by atoms with E-state index in [4.69, 9.17) is 16.7 Å². The van der Waals surface area contributed by atoms with E-state index in [0.717, 1.165) is 37.5 Å². The Labute approximate surface area is 149 Å². The number of hydrogen-bond donors (Lipinski definition) is 1. The summed E-state index contributed by atoms with van der Waals surface area (Å²) in [5, 5.41) is 9.19. The van der Waals surface area contributed by atoms with Gasteiger partial charge in [0.1, 0.15) is 0 Å². The summed E-state index contributed by atoms with van der Waals surface area (Å²) < 4.78 is 2.23. The molecule has 3 nitrogen and oxygen atoms in total. The van der Waals surface area contributed by atoms with Crippen LogP contribution in [0.3, 0.4) is 0 Å². The zero-order chi connectivity index (χ0) is 16.4. The summed E-state index contributed by atoms with van der Waals surface area (Å²) in [6.07, 6.45) is 9.76. The van der Waals surface area contributed by atoms with Crippen LogP contribution in [0.4, 0.5) is 0 Å². The van der Waals surface area contributed by atoms with Gasteiger partial charge in [0.15, 0.2) is 0 Å². The van der Waals surface area contributed by atoms with E-state index >= 15 is 0 Å². The molecular formula is C20H26ClN3. The smallest absolute Gasteiger partial charge is 0.0669 e. The van der Waals surface area contributed by atoms with E-state index in [0.29, 0.717) is 11.8 Å². The Morgan fingerprint density at radius 1 is 1.08 bits per heavy atom. The van der Waals surface area contributed by atoms with Gasteiger partial charge in [0.2, 0.25) is 0 Å². The lowest BCUT2D eigenvalue weighted by Crippen LogP contribution is -2.23. The third-order valence-electron chi connectivity index (χ3n) is 5.66. The molecule has 1 N–H and O–H groups in total. The number of hydrogen-bond acceptors (Lipinski definition) is 2. The molecule has 1 aromatic heterocycles. The summed E-state index contributed by atoms with van der Waals surface area (Å²) >= 11 is 6.07. The zero-order valence-electron chi connectivity index (χ0n) is 14.2. The van der Waals surface area contributed by atoms with Crippen molar-refractivity contribution in [3.63, 3.8) is 0 Å². The molecule has 2 aliphatic rings. The van der Waals surface area contributed by atoms with Crippen LogP contribution in [-0.4, -0.2) is 22.9 Å². The summed E-state index contributed by atoms with van der Waals surface area (Å²) in [5.41, 5.74) is 4.19. The zero-order valence-corrected chi connectivity index (χ0v) is 14.9. The highest BCUT2D eigenvalue weighted by atomic mass is 35.5. The van der Waals surface area contributed by atoms with Crippen molar-refractivity contribution in [2.75, 3.05) is 13.1 Å². The first-order valence-electron chi connectivity index (χ1n) is 9.31. The molecule has 24 heavy (non-hydrogen) atoms. The average molecular weight is 344 g/mol. The molecular weight excluding hydrogens is 318 g/mol. The fourth-order valence-corrected chi connectivity index (χ4v) is 4.51. The standard InChI is InChI=1S/C20H26ClN3/c21-18-7-5-15(6-8-18)19-4-2-1-3-16(19)13-24-14-17-9-11-22-12-10-20(17)23-24/h5-8,14,16,19,22H,1-4,9-13H2. The molecule has 1 aromatic carbocycles. The summed E-state index contributed by atoms with van der Waals surface area (Å²) in [4.78, 5) is 0. The molecule has 1 saturated carbocycles. The average Bonchev–Trinajstić information content (AvgIpc) is 2.85. The molecule has 0 radical (unpaired) electrons. The highest BCUT2D eigenvalue weighted by Crippen LogP contribution is 2.39. The monoisotopic (exact) mass is 343 g/mol. The van der Waals surface area contributed by atoms with Gasteiger partial charge in [-0.2, -0.15) is 5.10 Å². The Morgan fingerprint density at radius 3 is 2.75 bits per heavy atom. The fourth-order valence-electron chi connectivity index (χ4n) is 4.39. The number of aromatic nitrogens is 2. The minimum absolute atomic E-state index is 0.640. The first-order valence-corrected chi connectivity index (χ1v) is 9.69. The third kappa shape index (κ3) is 3.52. The first kappa shape index (κ1) is 16.2. The molecule has 1 aliphatic heterocycles. The second-order valence-electron chi connectivity index (χ2n) is 7.28. The van der Waals surface area contributed by atoms with Crippen LogP contribution in [-0.2, 0) is 19.4 Å². The first-order chi connectivity index (χ1) is 11.8. The Bertz CT molecular complexity index is 653. The minimum atomic E-state index is 0.640. The van der Waals surface area contributed by atoms with Gasteiger partial charge in [-0.15, -0.1) is 0 Å². The van der Waals surface area contributed by atoms with Gasteiger partial charge < -0.3 is 5.32 Å². The molecule has 2 unspecified atom stereocenters. The van der Waals surface area contributed by atoms with Gasteiger partial charge in [-0.25, -0.2) is 0 Å². The molecule has 128 valence electrons. The summed E-state index contributed by atoms with van der Waals surface area (Å²) in [6.45, 7) is 3.18. The van der Waals surface area contributed by atoms with Crippen LogP contribution >= 0.6 is 11.6 Å². The number of rotatable bonds is 3. The highest BCUT2D eigenvalue weighted by molar-refractivity contribution is 6.30. The van der Waals surface area contributed by atoms with Gasteiger partial charge in [-0.05, 0) is 60.9 Å². The molecule has 4 heteroatoms. The van der Waals surface area contributed by atoms with Crippen LogP contribution < -0.4 is 5.32 Å². The van der Waals surface area contributed by atoms with Crippen molar-refractivity contribution >= 4 is 11.6 Å². The molecule has 1 fully saturated rings. The van der Waals surface area contributed by atoms with E-state index in [1.54, 1.807) is 0 Å². The molecule has 2 aromatic rings. The Hall–Kier alpha value is -1.32. The van der Waals surface area contributed by atoms with Gasteiger partial charge in [-0.1, -0.05) is 36.6 Å². The molecule has 0 saturated heterocycles. The van der Waals surface area contributed by atoms with E-state index in [-0.39, 0.29) is 0 Å². The van der Waals surface area contributed by atoms with E-state index in [1.165, 1.54) is 42.5 Å². The second-order valence-corrected chi connectivity index (χ2v) is 7.71. The lowest BCUT2D eigenvalue weighted by atomic mass is 9.75. The molecule has 2 heterocycles. The Kier molecular flexibility index (Phi) is 4.91. The maximum absolute atomic E-state index is 6.07. The summed E-state index contributed by atoms with van der Waals surface area (Å²) in [5.74, 6) is 1.32. The number of nitrogens with zero attached hydrogens (tertiary/aromatic N) is 2. The number of halogens is 1. The van der Waals surface area contributed by atoms with Crippen LogP contribution in [0.5, 0.6) is 0 Å². The van der Waals surface area contributed by atoms with E-state index in [1.807, 2.05) is 12.1 Å². The van der Waals surface area contributed by atoms with Crippen molar-refractivity contribution in [1.82, 2.24) is 15.1 Å². The quantitative estimate of drug-likeness (QED) is 0.905. The van der Waals surface area contributed by atoms with Gasteiger partial charge >= 0.3 is 0 Å². The normalized spacial score (nSPS) is 24.4. The fraction of sp³-hybridized carbons (Fsp3) is 0.550. The number of nitrogens with one attached hydrogen (secondary N) is 1. The van der Waals surface area contributed by atoms with Gasteiger partial charge in [-0.3, -0.25) is 4.68 Å². The Balaban J connectivity index is 1.52. The molecule has 0 amide bonds. The predicted molar refractivity (Wildman–Crippen MR) is 98.7 cm³/mol. The van der Waals surface area contributed by atoms with E-state index < -0.39 is 0 Å². The SMILES string of the molecule is Clc1ccc(C2CCCCC2Cn2cc3c(n2)CCNCC3)cc1. The molecule has 4 rings (SSSR count). The maximum atomic E-state index is 6.07. The lowest BCUT2D eigenvalue weighted by molar-refractivity contribution is 0.265. The van der Waals surface area contributed by atoms with Crippen LogP contribution in [0, 0.1) is 5.92 Å². The van der Waals surface area contributed by atoms with Crippen LogP contribution in [0.1, 0.15) is 48.4 Å². The maximum Gasteiger partial charge on any atom is 0.0669 e. The largest absolute Gasteiger partial charge is 0.316 e. The van der Waals surface area contributed by atoms with Crippen molar-refractivity contribution in [2.24, 2.45) is 5.92 Å². The number of fused-ring (bicyclic) bond motifs is 1. The lowest BCUT2D eigenvalue weighted by Gasteiger charge is -2.32. The van der Waals surface area contributed by atoms with Crippen molar-refractivity contribution < 1.29 is 0 Å². The Morgan fingerprint density at radius 2 is 1.88 bits per heavy atom. The topological polar surface area (TPSA) is 29.9 Å². The van der Waals surface area contributed by atoms with Crippen LogP contribution in [0.2, 0.25) is 5.02 Å². The number of benzene rings is 1. The van der Waals surface area contributed by atoms with Crippen molar-refractivity contribution in [3.05, 3.63) is 52.3 Å². The van der Waals surface area contributed by atoms with Crippen LogP contribution in [0.15, 0.2) is 30.5 Å². The predicted octanol–water partition coefficient (Wildman–Crippen LogP) is 4.20. The van der Waals surface area contributed by atoms with Crippen molar-refractivity contribution in [3.8, 4) is 0 Å². The third-order valence-corrected chi connectivity index (χ3v) is 5.92. The minimum Gasteiger partial charge on any atom is -0.316 e. The van der Waals surface area contributed by atoms with Crippen LogP contribution in [0.25, 0.3) is 0 Å². The molecule has 2 atom stereocenters. The van der Waals surface area contributed by atoms with Gasteiger partial charge in [0.05, 0.1) is 5.69 Å². The molecule has 0 spiro atoms. The van der Waals surface area contributed by atoms with Crippen molar-refractivity contribution in [2.45, 2.75) is 51.0 Å². The van der Waals surface area contributed by atoms with Crippen molar-refractivity contribution in [1.29, 1.82) is 0 Å². The van der Waals surface area contributed by atoms with Gasteiger partial charge in [0, 0.05) is 30.7 Å².